The average molecular weight is 344 g/mol. The van der Waals surface area contributed by atoms with Gasteiger partial charge in [0.05, 0.1) is 16.9 Å². The second-order valence-electron chi connectivity index (χ2n) is 3.43. The predicted octanol–water partition coefficient (Wildman–Crippen LogP) is 1.48. The van der Waals surface area contributed by atoms with E-state index in [1.165, 1.54) is 18.6 Å². The second kappa shape index (κ2) is 5.49. The van der Waals surface area contributed by atoms with Gasteiger partial charge in [-0.25, -0.2) is 23.4 Å². The third kappa shape index (κ3) is 3.18. The van der Waals surface area contributed by atoms with Crippen LogP contribution in [0.2, 0.25) is 0 Å². The number of halogens is 1. The first kappa shape index (κ1) is 13.7. The van der Waals surface area contributed by atoms with Crippen molar-refractivity contribution in [3.63, 3.8) is 0 Å². The lowest BCUT2D eigenvalue weighted by molar-refractivity contribution is 0.600. The van der Waals surface area contributed by atoms with Crippen molar-refractivity contribution in [1.29, 1.82) is 0 Å². The molecule has 0 saturated heterocycles. The number of nitrogens with one attached hydrogen (secondary N) is 2. The Hall–Kier alpha value is -1.74. The molecule has 0 amide bonds. The van der Waals surface area contributed by atoms with Crippen molar-refractivity contribution in [3.8, 4) is 0 Å². The van der Waals surface area contributed by atoms with E-state index in [-0.39, 0.29) is 10.7 Å². The van der Waals surface area contributed by atoms with Gasteiger partial charge in [0, 0.05) is 13.2 Å². The lowest BCUT2D eigenvalue weighted by Crippen LogP contribution is -2.15. The van der Waals surface area contributed by atoms with Crippen LogP contribution < -0.4 is 10.0 Å². The third-order valence-electron chi connectivity index (χ3n) is 2.15. The minimum Gasteiger partial charge on any atom is -0.357 e. The van der Waals surface area contributed by atoms with Crippen molar-refractivity contribution in [1.82, 2.24) is 15.0 Å². The number of hydrogen-bond acceptors (Lipinski definition) is 6. The molecule has 2 heterocycles. The Kier molecular flexibility index (Phi) is 3.96. The maximum Gasteiger partial charge on any atom is 0.266 e. The number of anilines is 2. The largest absolute Gasteiger partial charge is 0.357 e. The van der Waals surface area contributed by atoms with Gasteiger partial charge in [-0.05, 0) is 28.1 Å². The molecule has 2 rings (SSSR count). The highest BCUT2D eigenvalue weighted by Gasteiger charge is 2.17. The van der Waals surface area contributed by atoms with E-state index in [1.54, 1.807) is 19.2 Å². The molecule has 0 aliphatic carbocycles. The van der Waals surface area contributed by atoms with Crippen LogP contribution >= 0.6 is 15.9 Å². The SMILES string of the molecule is CNc1ncc(S(=O)(=O)Nc2ncccc2Br)cn1. The molecule has 0 aromatic carbocycles. The zero-order valence-corrected chi connectivity index (χ0v) is 12.2. The molecular formula is C10H10BrN5O2S. The average Bonchev–Trinajstić information content (AvgIpc) is 2.41. The molecule has 19 heavy (non-hydrogen) atoms. The molecule has 0 spiro atoms. The summed E-state index contributed by atoms with van der Waals surface area (Å²) in [6, 6.07) is 3.37. The summed E-state index contributed by atoms with van der Waals surface area (Å²) in [7, 11) is -2.11. The maximum atomic E-state index is 12.1. The molecule has 100 valence electrons. The Morgan fingerprint density at radius 1 is 1.21 bits per heavy atom. The quantitative estimate of drug-likeness (QED) is 0.872. The minimum atomic E-state index is -3.76. The highest BCUT2D eigenvalue weighted by molar-refractivity contribution is 9.10. The van der Waals surface area contributed by atoms with Crippen LogP contribution in [0.5, 0.6) is 0 Å². The fourth-order valence-corrected chi connectivity index (χ4v) is 2.63. The van der Waals surface area contributed by atoms with Crippen LogP contribution in [0.1, 0.15) is 0 Å². The highest BCUT2D eigenvalue weighted by Crippen LogP contribution is 2.21. The number of sulfonamides is 1. The number of rotatable bonds is 4. The highest BCUT2D eigenvalue weighted by atomic mass is 79.9. The van der Waals surface area contributed by atoms with Crippen molar-refractivity contribution in [2.24, 2.45) is 0 Å². The van der Waals surface area contributed by atoms with Gasteiger partial charge in [-0.1, -0.05) is 0 Å². The summed E-state index contributed by atoms with van der Waals surface area (Å²) in [6.07, 6.45) is 3.93. The Labute approximate surface area is 118 Å². The van der Waals surface area contributed by atoms with Crippen LogP contribution in [0.15, 0.2) is 40.1 Å². The molecule has 7 nitrogen and oxygen atoms in total. The fourth-order valence-electron chi connectivity index (χ4n) is 1.23. The van der Waals surface area contributed by atoms with Crippen molar-refractivity contribution >= 4 is 37.7 Å². The Morgan fingerprint density at radius 3 is 2.47 bits per heavy atom. The van der Waals surface area contributed by atoms with E-state index < -0.39 is 10.0 Å². The molecule has 0 unspecified atom stereocenters. The van der Waals surface area contributed by atoms with Crippen molar-refractivity contribution in [2.45, 2.75) is 4.90 Å². The minimum absolute atomic E-state index is 0.0379. The summed E-state index contributed by atoms with van der Waals surface area (Å²) in [5.41, 5.74) is 0. The molecule has 9 heteroatoms. The van der Waals surface area contributed by atoms with Crippen LogP contribution in [-0.2, 0) is 10.0 Å². The number of aromatic nitrogens is 3. The van der Waals surface area contributed by atoms with Crippen LogP contribution in [0.25, 0.3) is 0 Å². The summed E-state index contributed by atoms with van der Waals surface area (Å²) in [6.45, 7) is 0. The van der Waals surface area contributed by atoms with Crippen LogP contribution in [0.3, 0.4) is 0 Å². The zero-order chi connectivity index (χ0) is 13.9. The van der Waals surface area contributed by atoms with Crippen LogP contribution in [0, 0.1) is 0 Å². The van der Waals surface area contributed by atoms with Gasteiger partial charge >= 0.3 is 0 Å². The Morgan fingerprint density at radius 2 is 1.89 bits per heavy atom. The van der Waals surface area contributed by atoms with Gasteiger partial charge in [0.2, 0.25) is 5.95 Å². The van der Waals surface area contributed by atoms with Gasteiger partial charge < -0.3 is 5.32 Å². The molecule has 2 aromatic rings. The predicted molar refractivity (Wildman–Crippen MR) is 74.3 cm³/mol. The van der Waals surface area contributed by atoms with Crippen molar-refractivity contribution in [3.05, 3.63) is 35.2 Å². The fraction of sp³-hybridized carbons (Fsp3) is 0.100. The van der Waals surface area contributed by atoms with Gasteiger partial charge in [-0.2, -0.15) is 0 Å². The van der Waals surface area contributed by atoms with Gasteiger partial charge in [0.25, 0.3) is 10.0 Å². The molecule has 0 fully saturated rings. The monoisotopic (exact) mass is 343 g/mol. The van der Waals surface area contributed by atoms with Gasteiger partial charge in [-0.15, -0.1) is 0 Å². The second-order valence-corrected chi connectivity index (χ2v) is 5.97. The van der Waals surface area contributed by atoms with Gasteiger partial charge in [0.15, 0.2) is 5.82 Å². The molecule has 2 aromatic heterocycles. The molecule has 0 saturated carbocycles. The van der Waals surface area contributed by atoms with E-state index in [0.29, 0.717) is 10.4 Å². The summed E-state index contributed by atoms with van der Waals surface area (Å²) in [4.78, 5) is 11.6. The third-order valence-corrected chi connectivity index (χ3v) is 4.08. The van der Waals surface area contributed by atoms with Crippen molar-refractivity contribution in [2.75, 3.05) is 17.1 Å². The van der Waals surface area contributed by atoms with E-state index in [4.69, 9.17) is 0 Å². The molecule has 0 atom stereocenters. The standard InChI is InChI=1S/C10H10BrN5O2S/c1-12-10-14-5-7(6-15-10)19(17,18)16-9-8(11)3-2-4-13-9/h2-6H,1H3,(H,13,16)(H,12,14,15). The van der Waals surface area contributed by atoms with E-state index in [9.17, 15) is 8.42 Å². The first-order valence-electron chi connectivity index (χ1n) is 5.16. The maximum absolute atomic E-state index is 12.1. The normalized spacial score (nSPS) is 11.1. The van der Waals surface area contributed by atoms with Gasteiger partial charge in [0.1, 0.15) is 4.90 Å². The van der Waals surface area contributed by atoms with E-state index in [0.717, 1.165) is 0 Å². The van der Waals surface area contributed by atoms with Gasteiger partial charge in [-0.3, -0.25) is 4.72 Å². The smallest absolute Gasteiger partial charge is 0.266 e. The molecule has 2 N–H and O–H groups in total. The van der Waals surface area contributed by atoms with E-state index in [2.05, 4.69) is 40.9 Å². The lowest BCUT2D eigenvalue weighted by atomic mass is 10.5. The Bertz CT molecular complexity index is 675. The molecule has 0 aliphatic rings. The van der Waals surface area contributed by atoms with Crippen molar-refractivity contribution < 1.29 is 8.42 Å². The summed E-state index contributed by atoms with van der Waals surface area (Å²) in [5, 5.41) is 2.71. The Balaban J connectivity index is 2.30. The van der Waals surface area contributed by atoms with Crippen LogP contribution in [0.4, 0.5) is 11.8 Å². The first-order chi connectivity index (χ1) is 9.03. The number of hydrogen-bond donors (Lipinski definition) is 2. The van der Waals surface area contributed by atoms with E-state index >= 15 is 0 Å². The topological polar surface area (TPSA) is 96.9 Å². The van der Waals surface area contributed by atoms with E-state index in [1.807, 2.05) is 0 Å². The first-order valence-corrected chi connectivity index (χ1v) is 7.43. The van der Waals surface area contributed by atoms with Crippen LogP contribution in [-0.4, -0.2) is 30.4 Å². The summed E-state index contributed by atoms with van der Waals surface area (Å²) >= 11 is 3.21. The molecule has 0 radical (unpaired) electrons. The molecule has 0 bridgehead atoms. The molecular weight excluding hydrogens is 334 g/mol. The summed E-state index contributed by atoms with van der Waals surface area (Å²) < 4.78 is 27.1. The molecule has 0 aliphatic heterocycles. The summed E-state index contributed by atoms with van der Waals surface area (Å²) in [5.74, 6) is 0.554. The zero-order valence-electron chi connectivity index (χ0n) is 9.83. The number of pyridine rings is 1. The number of nitrogens with zero attached hydrogens (tertiary/aromatic N) is 3. The lowest BCUT2D eigenvalue weighted by Gasteiger charge is -2.08.